The average Bonchev–Trinajstić information content (AvgIpc) is 2.16. The van der Waals surface area contributed by atoms with Gasteiger partial charge in [-0.3, -0.25) is 0 Å². The number of alkyl halides is 1. The number of benzene rings is 1. The van der Waals surface area contributed by atoms with Gasteiger partial charge in [0.2, 0.25) is 0 Å². The lowest BCUT2D eigenvalue weighted by atomic mass is 9.83. The largest absolute Gasteiger partial charge is 0.493 e. The van der Waals surface area contributed by atoms with E-state index in [-0.39, 0.29) is 5.41 Å². The molecule has 0 aliphatic rings. The van der Waals surface area contributed by atoms with Gasteiger partial charge in [-0.25, -0.2) is 0 Å². The van der Waals surface area contributed by atoms with Gasteiger partial charge in [0.25, 0.3) is 0 Å². The zero-order chi connectivity index (χ0) is 12.2. The smallest absolute Gasteiger partial charge is 0.120 e. The summed E-state index contributed by atoms with van der Waals surface area (Å²) in [4.78, 5) is 0. The van der Waals surface area contributed by atoms with Crippen LogP contribution in [0.25, 0.3) is 0 Å². The molecule has 1 unspecified atom stereocenters. The Hall–Kier alpha value is -0.0200. The van der Waals surface area contributed by atoms with Crippen molar-refractivity contribution in [2.75, 3.05) is 11.9 Å². The van der Waals surface area contributed by atoms with Crippen LogP contribution in [0, 0.1) is 11.3 Å². The number of hydrogen-bond donors (Lipinski definition) is 0. The van der Waals surface area contributed by atoms with Crippen molar-refractivity contribution in [3.8, 4) is 5.75 Å². The third-order valence-corrected chi connectivity index (χ3v) is 3.93. The van der Waals surface area contributed by atoms with Crippen LogP contribution >= 0.6 is 31.9 Å². The van der Waals surface area contributed by atoms with Crippen molar-refractivity contribution in [3.05, 3.63) is 28.7 Å². The van der Waals surface area contributed by atoms with Crippen molar-refractivity contribution >= 4 is 31.9 Å². The maximum Gasteiger partial charge on any atom is 0.120 e. The van der Waals surface area contributed by atoms with Crippen molar-refractivity contribution in [1.82, 2.24) is 0 Å². The highest BCUT2D eigenvalue weighted by molar-refractivity contribution is 9.10. The lowest BCUT2D eigenvalue weighted by Crippen LogP contribution is -2.27. The molecule has 0 radical (unpaired) electrons. The minimum Gasteiger partial charge on any atom is -0.493 e. The molecule has 0 bridgehead atoms. The van der Waals surface area contributed by atoms with Gasteiger partial charge in [0.15, 0.2) is 0 Å². The van der Waals surface area contributed by atoms with Crippen LogP contribution < -0.4 is 4.74 Å². The average molecular weight is 350 g/mol. The lowest BCUT2D eigenvalue weighted by Gasteiger charge is -2.28. The van der Waals surface area contributed by atoms with E-state index in [1.165, 1.54) is 0 Å². The summed E-state index contributed by atoms with van der Waals surface area (Å²) in [6, 6.07) is 7.96. The van der Waals surface area contributed by atoms with Gasteiger partial charge in [0.1, 0.15) is 5.75 Å². The molecule has 0 aliphatic heterocycles. The van der Waals surface area contributed by atoms with Crippen molar-refractivity contribution in [2.24, 2.45) is 11.3 Å². The first-order chi connectivity index (χ1) is 7.43. The van der Waals surface area contributed by atoms with Crippen LogP contribution in [0.5, 0.6) is 5.75 Å². The van der Waals surface area contributed by atoms with Gasteiger partial charge in [-0.15, -0.1) is 0 Å². The van der Waals surface area contributed by atoms with Gasteiger partial charge in [-0.1, -0.05) is 58.7 Å². The Morgan fingerprint density at radius 2 is 2.00 bits per heavy atom. The van der Waals surface area contributed by atoms with Crippen molar-refractivity contribution in [2.45, 2.75) is 20.8 Å². The SMILES string of the molecule is CC(C)(C)C(CBr)COc1cccc(Br)c1. The monoisotopic (exact) mass is 348 g/mol. The van der Waals surface area contributed by atoms with Gasteiger partial charge in [-0.05, 0) is 23.6 Å². The molecule has 1 atom stereocenters. The predicted molar refractivity (Wildman–Crippen MR) is 76.4 cm³/mol. The molecule has 16 heavy (non-hydrogen) atoms. The minimum absolute atomic E-state index is 0.259. The fourth-order valence-electron chi connectivity index (χ4n) is 1.28. The first-order valence-electron chi connectivity index (χ1n) is 5.38. The van der Waals surface area contributed by atoms with Crippen LogP contribution in [0.4, 0.5) is 0 Å². The van der Waals surface area contributed by atoms with Crippen LogP contribution in [0.1, 0.15) is 20.8 Å². The van der Waals surface area contributed by atoms with Crippen molar-refractivity contribution in [3.63, 3.8) is 0 Å². The Bertz CT molecular complexity index is 331. The van der Waals surface area contributed by atoms with E-state index < -0.39 is 0 Å². The molecule has 1 rings (SSSR count). The Balaban J connectivity index is 2.56. The Labute approximate surface area is 115 Å². The normalized spacial score (nSPS) is 13.6. The molecule has 0 saturated carbocycles. The van der Waals surface area contributed by atoms with Gasteiger partial charge < -0.3 is 4.74 Å². The van der Waals surface area contributed by atoms with E-state index in [0.717, 1.165) is 22.2 Å². The van der Waals surface area contributed by atoms with E-state index in [2.05, 4.69) is 52.6 Å². The van der Waals surface area contributed by atoms with Gasteiger partial charge >= 0.3 is 0 Å². The second-order valence-corrected chi connectivity index (χ2v) is 6.55. The number of ether oxygens (including phenoxy) is 1. The second kappa shape index (κ2) is 6.06. The van der Waals surface area contributed by atoms with E-state index in [4.69, 9.17) is 4.74 Å². The van der Waals surface area contributed by atoms with E-state index in [1.807, 2.05) is 24.3 Å². The molecule has 1 nitrogen and oxygen atoms in total. The molecule has 1 aromatic rings. The summed E-state index contributed by atoms with van der Waals surface area (Å²) < 4.78 is 6.86. The van der Waals surface area contributed by atoms with Crippen molar-refractivity contribution in [1.29, 1.82) is 0 Å². The Morgan fingerprint density at radius 1 is 1.31 bits per heavy atom. The molecule has 0 amide bonds. The standard InChI is InChI=1S/C13H18Br2O/c1-13(2,3)10(8-14)9-16-12-6-4-5-11(15)7-12/h4-7,10H,8-9H2,1-3H3. The fraction of sp³-hybridized carbons (Fsp3) is 0.538. The van der Waals surface area contributed by atoms with Crippen LogP contribution in [0.2, 0.25) is 0 Å². The molecule has 3 heteroatoms. The quantitative estimate of drug-likeness (QED) is 0.703. The minimum atomic E-state index is 0.259. The number of rotatable bonds is 4. The summed E-state index contributed by atoms with van der Waals surface area (Å²) in [7, 11) is 0. The predicted octanol–water partition coefficient (Wildman–Crippen LogP) is 4.89. The van der Waals surface area contributed by atoms with Gasteiger partial charge in [0.05, 0.1) is 6.61 Å². The topological polar surface area (TPSA) is 9.23 Å². The fourth-order valence-corrected chi connectivity index (χ4v) is 2.82. The molecular formula is C13H18Br2O. The van der Waals surface area contributed by atoms with E-state index in [1.54, 1.807) is 0 Å². The highest BCUT2D eigenvalue weighted by Crippen LogP contribution is 2.28. The molecule has 0 heterocycles. The summed E-state index contributed by atoms with van der Waals surface area (Å²) in [5, 5.41) is 0.963. The van der Waals surface area contributed by atoms with Gasteiger partial charge in [-0.2, -0.15) is 0 Å². The van der Waals surface area contributed by atoms with E-state index >= 15 is 0 Å². The number of hydrogen-bond acceptors (Lipinski definition) is 1. The maximum absolute atomic E-state index is 5.81. The second-order valence-electron chi connectivity index (χ2n) is 4.99. The third-order valence-electron chi connectivity index (χ3n) is 2.66. The van der Waals surface area contributed by atoms with Crippen LogP contribution in [0.15, 0.2) is 28.7 Å². The zero-order valence-corrected chi connectivity index (χ0v) is 13.1. The summed E-state index contributed by atoms with van der Waals surface area (Å²) in [5.41, 5.74) is 0.259. The van der Waals surface area contributed by atoms with Crippen LogP contribution in [-0.2, 0) is 0 Å². The summed E-state index contributed by atoms with van der Waals surface area (Å²) in [5.74, 6) is 1.43. The molecule has 1 aromatic carbocycles. The van der Waals surface area contributed by atoms with E-state index in [0.29, 0.717) is 5.92 Å². The Morgan fingerprint density at radius 3 is 2.50 bits per heavy atom. The van der Waals surface area contributed by atoms with Crippen LogP contribution in [0.3, 0.4) is 0 Å². The molecule has 0 aromatic heterocycles. The zero-order valence-electron chi connectivity index (χ0n) is 9.97. The van der Waals surface area contributed by atoms with E-state index in [9.17, 15) is 0 Å². The molecule has 0 saturated heterocycles. The van der Waals surface area contributed by atoms with Gasteiger partial charge in [0, 0.05) is 15.7 Å². The first-order valence-corrected chi connectivity index (χ1v) is 7.29. The highest BCUT2D eigenvalue weighted by atomic mass is 79.9. The molecule has 0 spiro atoms. The highest BCUT2D eigenvalue weighted by Gasteiger charge is 2.24. The lowest BCUT2D eigenvalue weighted by molar-refractivity contribution is 0.166. The maximum atomic E-state index is 5.81. The molecule has 0 aliphatic carbocycles. The summed E-state index contributed by atoms with van der Waals surface area (Å²) in [6.45, 7) is 7.46. The summed E-state index contributed by atoms with van der Waals surface area (Å²) in [6.07, 6.45) is 0. The molecule has 0 N–H and O–H groups in total. The molecule has 90 valence electrons. The summed E-state index contributed by atoms with van der Waals surface area (Å²) >= 11 is 6.99. The Kier molecular flexibility index (Phi) is 5.32. The van der Waals surface area contributed by atoms with Crippen molar-refractivity contribution < 1.29 is 4.74 Å². The first kappa shape index (κ1) is 14.0. The molecular weight excluding hydrogens is 332 g/mol. The molecule has 0 fully saturated rings. The third kappa shape index (κ3) is 4.46. The number of halogens is 2. The van der Waals surface area contributed by atoms with Crippen LogP contribution in [-0.4, -0.2) is 11.9 Å².